The summed E-state index contributed by atoms with van der Waals surface area (Å²) in [6.45, 7) is 11.7. The van der Waals surface area contributed by atoms with Gasteiger partial charge in [-0.15, -0.1) is 11.3 Å². The van der Waals surface area contributed by atoms with Gasteiger partial charge >= 0.3 is 0 Å². The van der Waals surface area contributed by atoms with Gasteiger partial charge in [-0.3, -0.25) is 4.98 Å². The molecule has 0 fully saturated rings. The van der Waals surface area contributed by atoms with Crippen LogP contribution < -0.4 is 5.32 Å². The molecule has 0 bridgehead atoms. The Balaban J connectivity index is 2.30. The molecular weight excluding hydrogens is 278 g/mol. The molecule has 0 aliphatic carbocycles. The highest BCUT2D eigenvalue weighted by Crippen LogP contribution is 2.29. The highest BCUT2D eigenvalue weighted by Gasteiger charge is 2.16. The number of rotatable bonds is 5. The second kappa shape index (κ2) is 6.67. The van der Waals surface area contributed by atoms with Crippen LogP contribution in [0.2, 0.25) is 0 Å². The van der Waals surface area contributed by atoms with Crippen LogP contribution in [0.1, 0.15) is 50.3 Å². The zero-order valence-corrected chi connectivity index (χ0v) is 14.5. The van der Waals surface area contributed by atoms with Gasteiger partial charge in [-0.2, -0.15) is 0 Å². The Labute approximate surface area is 131 Å². The molecule has 1 N–H and O–H groups in total. The summed E-state index contributed by atoms with van der Waals surface area (Å²) in [6, 6.07) is 4.07. The van der Waals surface area contributed by atoms with E-state index in [9.17, 15) is 0 Å². The maximum Gasteiger partial charge on any atom is 0.142 e. The number of pyridine rings is 1. The molecule has 2 heterocycles. The average molecular weight is 303 g/mol. The average Bonchev–Trinajstić information content (AvgIpc) is 2.80. The monoisotopic (exact) mass is 303 g/mol. The van der Waals surface area contributed by atoms with E-state index >= 15 is 0 Å². The largest absolute Gasteiger partial charge is 0.307 e. The van der Waals surface area contributed by atoms with E-state index in [-0.39, 0.29) is 5.54 Å². The summed E-state index contributed by atoms with van der Waals surface area (Å²) in [4.78, 5) is 10.7. The number of aryl methyl sites for hydroxylation is 2. The minimum absolute atomic E-state index is 0.120. The van der Waals surface area contributed by atoms with E-state index in [1.807, 2.05) is 12.3 Å². The van der Waals surface area contributed by atoms with Crippen molar-refractivity contribution in [1.29, 1.82) is 0 Å². The maximum atomic E-state index is 4.85. The van der Waals surface area contributed by atoms with Gasteiger partial charge in [0.2, 0.25) is 0 Å². The topological polar surface area (TPSA) is 37.8 Å². The number of aromatic nitrogens is 2. The maximum absolute atomic E-state index is 4.85. The Kier molecular flexibility index (Phi) is 5.12. The van der Waals surface area contributed by atoms with E-state index < -0.39 is 0 Å². The SMILES string of the molecule is CCCc1nc(-c2ncccc2C)sc1CNC(C)(C)C. The van der Waals surface area contributed by atoms with Gasteiger partial charge in [0.05, 0.1) is 5.69 Å². The highest BCUT2D eigenvalue weighted by molar-refractivity contribution is 7.15. The third-order valence-electron chi connectivity index (χ3n) is 3.26. The number of hydrogen-bond acceptors (Lipinski definition) is 4. The molecule has 0 saturated heterocycles. The summed E-state index contributed by atoms with van der Waals surface area (Å²) in [7, 11) is 0. The van der Waals surface area contributed by atoms with Gasteiger partial charge in [0.1, 0.15) is 10.7 Å². The van der Waals surface area contributed by atoms with Crippen molar-refractivity contribution in [1.82, 2.24) is 15.3 Å². The molecule has 4 heteroatoms. The molecule has 0 amide bonds. The predicted molar refractivity (Wildman–Crippen MR) is 90.7 cm³/mol. The summed E-state index contributed by atoms with van der Waals surface area (Å²) < 4.78 is 0. The summed E-state index contributed by atoms with van der Waals surface area (Å²) in [5.41, 5.74) is 3.54. The van der Waals surface area contributed by atoms with Crippen molar-refractivity contribution >= 4 is 11.3 Å². The molecule has 0 aliphatic heterocycles. The Morgan fingerprint density at radius 2 is 2.05 bits per heavy atom. The quantitative estimate of drug-likeness (QED) is 0.892. The Morgan fingerprint density at radius 1 is 1.29 bits per heavy atom. The van der Waals surface area contributed by atoms with E-state index in [2.05, 4.69) is 51.0 Å². The standard InChI is InChI=1S/C17H25N3S/c1-6-8-13-14(11-19-17(3,4)5)21-16(20-13)15-12(2)9-7-10-18-15/h7,9-10,19H,6,8,11H2,1-5H3. The van der Waals surface area contributed by atoms with Gasteiger partial charge in [-0.25, -0.2) is 4.98 Å². The highest BCUT2D eigenvalue weighted by atomic mass is 32.1. The zero-order chi connectivity index (χ0) is 15.5. The summed E-state index contributed by atoms with van der Waals surface area (Å²) in [6.07, 6.45) is 3.99. The van der Waals surface area contributed by atoms with Crippen molar-refractivity contribution < 1.29 is 0 Å². The number of nitrogens with one attached hydrogen (secondary N) is 1. The van der Waals surface area contributed by atoms with Gasteiger partial charge in [-0.1, -0.05) is 19.4 Å². The van der Waals surface area contributed by atoms with Gasteiger partial charge in [0, 0.05) is 23.2 Å². The molecule has 2 aromatic rings. The van der Waals surface area contributed by atoms with E-state index in [0.29, 0.717) is 0 Å². The number of hydrogen-bond donors (Lipinski definition) is 1. The lowest BCUT2D eigenvalue weighted by Gasteiger charge is -2.20. The Morgan fingerprint density at radius 3 is 2.67 bits per heavy atom. The van der Waals surface area contributed by atoms with E-state index in [1.165, 1.54) is 16.1 Å². The lowest BCUT2D eigenvalue weighted by atomic mass is 10.1. The fraction of sp³-hybridized carbons (Fsp3) is 0.529. The fourth-order valence-corrected chi connectivity index (χ4v) is 3.22. The Hall–Kier alpha value is -1.26. The fourth-order valence-electron chi connectivity index (χ4n) is 2.11. The van der Waals surface area contributed by atoms with E-state index in [4.69, 9.17) is 4.98 Å². The third kappa shape index (κ3) is 4.35. The van der Waals surface area contributed by atoms with Crippen molar-refractivity contribution in [2.24, 2.45) is 0 Å². The minimum atomic E-state index is 0.120. The molecule has 0 aliphatic rings. The molecule has 2 rings (SSSR count). The van der Waals surface area contributed by atoms with Crippen LogP contribution in [0.3, 0.4) is 0 Å². The lowest BCUT2D eigenvalue weighted by Crippen LogP contribution is -2.35. The molecule has 3 nitrogen and oxygen atoms in total. The van der Waals surface area contributed by atoms with E-state index in [0.717, 1.165) is 30.1 Å². The van der Waals surface area contributed by atoms with Crippen LogP contribution in [-0.4, -0.2) is 15.5 Å². The van der Waals surface area contributed by atoms with Crippen LogP contribution >= 0.6 is 11.3 Å². The molecule has 0 atom stereocenters. The molecule has 0 unspecified atom stereocenters. The van der Waals surface area contributed by atoms with Crippen LogP contribution in [0.4, 0.5) is 0 Å². The van der Waals surface area contributed by atoms with Gasteiger partial charge in [0.15, 0.2) is 0 Å². The minimum Gasteiger partial charge on any atom is -0.307 e. The summed E-state index contributed by atoms with van der Waals surface area (Å²) in [5.74, 6) is 0. The Bertz CT molecular complexity index is 596. The van der Waals surface area contributed by atoms with Crippen LogP contribution in [0.15, 0.2) is 18.3 Å². The van der Waals surface area contributed by atoms with Gasteiger partial charge in [-0.05, 0) is 45.7 Å². The number of thiazole rings is 1. The first-order valence-corrected chi connectivity index (χ1v) is 8.38. The lowest BCUT2D eigenvalue weighted by molar-refractivity contribution is 0.425. The molecule has 2 aromatic heterocycles. The van der Waals surface area contributed by atoms with Crippen LogP contribution in [-0.2, 0) is 13.0 Å². The van der Waals surface area contributed by atoms with Crippen molar-refractivity contribution in [3.8, 4) is 10.7 Å². The normalized spacial score (nSPS) is 11.9. The molecular formula is C17H25N3S. The molecule has 0 radical (unpaired) electrons. The van der Waals surface area contributed by atoms with Gasteiger partial charge < -0.3 is 5.32 Å². The predicted octanol–water partition coefficient (Wildman–Crippen LogP) is 4.35. The second-order valence-corrected chi connectivity index (χ2v) is 7.49. The summed E-state index contributed by atoms with van der Waals surface area (Å²) in [5, 5.41) is 4.61. The molecule has 0 saturated carbocycles. The van der Waals surface area contributed by atoms with Crippen LogP contribution in [0, 0.1) is 6.92 Å². The smallest absolute Gasteiger partial charge is 0.142 e. The van der Waals surface area contributed by atoms with Crippen LogP contribution in [0.25, 0.3) is 10.7 Å². The summed E-state index contributed by atoms with van der Waals surface area (Å²) >= 11 is 1.77. The number of nitrogens with zero attached hydrogens (tertiary/aromatic N) is 2. The molecule has 0 spiro atoms. The molecule has 114 valence electrons. The first-order chi connectivity index (χ1) is 9.90. The second-order valence-electron chi connectivity index (χ2n) is 6.41. The van der Waals surface area contributed by atoms with E-state index in [1.54, 1.807) is 11.3 Å². The van der Waals surface area contributed by atoms with Crippen molar-refractivity contribution in [2.45, 2.75) is 59.5 Å². The first-order valence-electron chi connectivity index (χ1n) is 7.56. The third-order valence-corrected chi connectivity index (χ3v) is 4.36. The van der Waals surface area contributed by atoms with Crippen molar-refractivity contribution in [2.75, 3.05) is 0 Å². The zero-order valence-electron chi connectivity index (χ0n) is 13.7. The van der Waals surface area contributed by atoms with Crippen LogP contribution in [0.5, 0.6) is 0 Å². The van der Waals surface area contributed by atoms with Crippen molar-refractivity contribution in [3.63, 3.8) is 0 Å². The molecule has 21 heavy (non-hydrogen) atoms. The molecule has 0 aromatic carbocycles. The first kappa shape index (κ1) is 16.1. The van der Waals surface area contributed by atoms with Gasteiger partial charge in [0.25, 0.3) is 0 Å². The van der Waals surface area contributed by atoms with Crippen molar-refractivity contribution in [3.05, 3.63) is 34.5 Å².